The molecule has 0 radical (unpaired) electrons. The molecule has 4 nitrogen and oxygen atoms in total. The smallest absolute Gasteiger partial charge is 0.254 e. The minimum atomic E-state index is -0.00305. The summed E-state index contributed by atoms with van der Waals surface area (Å²) < 4.78 is 0. The number of hydrogen-bond acceptors (Lipinski definition) is 4. The third-order valence-corrected chi connectivity index (χ3v) is 5.80. The zero-order chi connectivity index (χ0) is 19.5. The summed E-state index contributed by atoms with van der Waals surface area (Å²) in [7, 11) is 0. The van der Waals surface area contributed by atoms with Crippen molar-refractivity contribution in [2.24, 2.45) is 5.73 Å². The van der Waals surface area contributed by atoms with E-state index in [1.807, 2.05) is 59.5 Å². The average Bonchev–Trinajstić information content (AvgIpc) is 2.92. The highest BCUT2D eigenvalue weighted by molar-refractivity contribution is 7.80. The summed E-state index contributed by atoms with van der Waals surface area (Å²) in [6.45, 7) is 2.76. The van der Waals surface area contributed by atoms with Crippen LogP contribution in [0.4, 0.5) is 5.69 Å². The molecule has 3 aromatic carbocycles. The van der Waals surface area contributed by atoms with Crippen LogP contribution in [0.2, 0.25) is 0 Å². The van der Waals surface area contributed by atoms with Gasteiger partial charge in [-0.25, -0.2) is 0 Å². The Morgan fingerprint density at radius 2 is 1.75 bits per heavy atom. The SMILES string of the molecule is NC(CS)CN1CCN(C(=O)c2cccc3ccccc23)Cc2ccccc21. The van der Waals surface area contributed by atoms with Crippen molar-refractivity contribution >= 4 is 35.0 Å². The normalized spacial score (nSPS) is 15.2. The number of rotatable bonds is 4. The molecular weight excluding hydrogens is 366 g/mol. The number of thiol groups is 1. The lowest BCUT2D eigenvalue weighted by Crippen LogP contribution is -2.41. The molecule has 0 bridgehead atoms. The van der Waals surface area contributed by atoms with Crippen LogP contribution < -0.4 is 10.6 Å². The van der Waals surface area contributed by atoms with Crippen LogP contribution in [-0.2, 0) is 6.54 Å². The van der Waals surface area contributed by atoms with Gasteiger partial charge in [0.05, 0.1) is 0 Å². The van der Waals surface area contributed by atoms with Crippen LogP contribution in [0.25, 0.3) is 10.8 Å². The first-order valence-corrected chi connectivity index (χ1v) is 10.3. The molecule has 1 aliphatic rings. The van der Waals surface area contributed by atoms with Gasteiger partial charge in [0.1, 0.15) is 0 Å². The molecule has 144 valence electrons. The maximum absolute atomic E-state index is 13.4. The van der Waals surface area contributed by atoms with Gasteiger partial charge in [-0.05, 0) is 28.5 Å². The van der Waals surface area contributed by atoms with E-state index in [-0.39, 0.29) is 11.9 Å². The summed E-state index contributed by atoms with van der Waals surface area (Å²) in [5, 5.41) is 2.09. The van der Waals surface area contributed by atoms with Crippen molar-refractivity contribution in [2.45, 2.75) is 12.6 Å². The number of nitrogens with zero attached hydrogens (tertiary/aromatic N) is 2. The van der Waals surface area contributed by atoms with E-state index in [1.165, 1.54) is 0 Å². The number of benzene rings is 3. The van der Waals surface area contributed by atoms with Gasteiger partial charge in [-0.15, -0.1) is 0 Å². The summed E-state index contributed by atoms with van der Waals surface area (Å²) >= 11 is 4.33. The van der Waals surface area contributed by atoms with Crippen molar-refractivity contribution in [3.8, 4) is 0 Å². The van der Waals surface area contributed by atoms with Gasteiger partial charge >= 0.3 is 0 Å². The number of amides is 1. The topological polar surface area (TPSA) is 49.6 Å². The second kappa shape index (κ2) is 8.25. The molecule has 1 amide bonds. The quantitative estimate of drug-likeness (QED) is 0.669. The van der Waals surface area contributed by atoms with Crippen molar-refractivity contribution < 1.29 is 4.79 Å². The molecule has 0 saturated heterocycles. The highest BCUT2D eigenvalue weighted by atomic mass is 32.1. The van der Waals surface area contributed by atoms with Gasteiger partial charge < -0.3 is 15.5 Å². The average molecular weight is 392 g/mol. The molecule has 1 aliphatic heterocycles. The Bertz CT molecular complexity index is 985. The van der Waals surface area contributed by atoms with E-state index in [0.29, 0.717) is 18.8 Å². The first-order chi connectivity index (χ1) is 13.7. The van der Waals surface area contributed by atoms with E-state index in [9.17, 15) is 4.79 Å². The fraction of sp³-hybridized carbons (Fsp3) is 0.261. The molecule has 3 aromatic rings. The van der Waals surface area contributed by atoms with Crippen molar-refractivity contribution in [1.29, 1.82) is 0 Å². The minimum absolute atomic E-state index is 0.00305. The number of hydrogen-bond donors (Lipinski definition) is 2. The number of anilines is 1. The standard InChI is InChI=1S/C23H25N3OS/c24-19(16-28)15-25-12-13-26(14-18-7-2-4-11-22(18)25)23(27)21-10-5-8-17-6-1-3-9-20(17)21/h1-11,19,28H,12-16,24H2. The van der Waals surface area contributed by atoms with Crippen LogP contribution >= 0.6 is 12.6 Å². The molecule has 1 atom stereocenters. The lowest BCUT2D eigenvalue weighted by molar-refractivity contribution is 0.0753. The maximum atomic E-state index is 13.4. The summed E-state index contributed by atoms with van der Waals surface area (Å²) in [6, 6.07) is 22.3. The lowest BCUT2D eigenvalue weighted by atomic mass is 10.0. The maximum Gasteiger partial charge on any atom is 0.254 e. The molecule has 1 unspecified atom stereocenters. The molecule has 0 spiro atoms. The highest BCUT2D eigenvalue weighted by Gasteiger charge is 2.25. The third kappa shape index (κ3) is 3.73. The van der Waals surface area contributed by atoms with Gasteiger partial charge in [0, 0.05) is 49.2 Å². The number of carbonyl (C=O) groups excluding carboxylic acids is 1. The van der Waals surface area contributed by atoms with Crippen molar-refractivity contribution in [3.05, 3.63) is 77.9 Å². The predicted molar refractivity (Wildman–Crippen MR) is 119 cm³/mol. The van der Waals surface area contributed by atoms with E-state index in [2.05, 4.69) is 29.7 Å². The highest BCUT2D eigenvalue weighted by Crippen LogP contribution is 2.27. The lowest BCUT2D eigenvalue weighted by Gasteiger charge is -2.27. The summed E-state index contributed by atoms with van der Waals surface area (Å²) in [5.41, 5.74) is 9.23. The molecule has 0 aliphatic carbocycles. The Hall–Kier alpha value is -2.50. The van der Waals surface area contributed by atoms with Gasteiger partial charge in [-0.3, -0.25) is 4.79 Å². The Balaban J connectivity index is 1.66. The number of fused-ring (bicyclic) bond motifs is 2. The Labute approximate surface area is 171 Å². The Kier molecular flexibility index (Phi) is 5.55. The molecule has 5 heteroatoms. The summed E-state index contributed by atoms with van der Waals surface area (Å²) in [4.78, 5) is 17.7. The number of carbonyl (C=O) groups is 1. The van der Waals surface area contributed by atoms with Gasteiger partial charge in [-0.2, -0.15) is 12.6 Å². The van der Waals surface area contributed by atoms with Gasteiger partial charge in [-0.1, -0.05) is 54.6 Å². The number of nitrogens with two attached hydrogens (primary N) is 1. The fourth-order valence-electron chi connectivity index (χ4n) is 3.89. The molecule has 1 heterocycles. The van der Waals surface area contributed by atoms with Gasteiger partial charge in [0.25, 0.3) is 5.91 Å². The van der Waals surface area contributed by atoms with Crippen LogP contribution in [0.3, 0.4) is 0 Å². The van der Waals surface area contributed by atoms with E-state index >= 15 is 0 Å². The van der Waals surface area contributed by atoms with Gasteiger partial charge in [0.2, 0.25) is 0 Å². The van der Waals surface area contributed by atoms with Crippen LogP contribution in [0.15, 0.2) is 66.7 Å². The minimum Gasteiger partial charge on any atom is -0.368 e. The Morgan fingerprint density at radius 3 is 2.61 bits per heavy atom. The van der Waals surface area contributed by atoms with Crippen molar-refractivity contribution in [1.82, 2.24) is 4.90 Å². The van der Waals surface area contributed by atoms with Gasteiger partial charge in [0.15, 0.2) is 0 Å². The monoisotopic (exact) mass is 391 g/mol. The molecule has 0 saturated carbocycles. The molecule has 2 N–H and O–H groups in total. The van der Waals surface area contributed by atoms with Crippen LogP contribution in [-0.4, -0.2) is 42.2 Å². The summed E-state index contributed by atoms with van der Waals surface area (Å²) in [6.07, 6.45) is 0. The molecular formula is C23H25N3OS. The number of para-hydroxylation sites is 1. The van der Waals surface area contributed by atoms with Crippen LogP contribution in [0.1, 0.15) is 15.9 Å². The molecule has 0 aromatic heterocycles. The first kappa shape index (κ1) is 18.8. The molecule has 28 heavy (non-hydrogen) atoms. The predicted octanol–water partition coefficient (Wildman–Crippen LogP) is 3.56. The van der Waals surface area contributed by atoms with Crippen molar-refractivity contribution in [3.63, 3.8) is 0 Å². The van der Waals surface area contributed by atoms with Crippen LogP contribution in [0, 0.1) is 0 Å². The van der Waals surface area contributed by atoms with E-state index in [1.54, 1.807) is 0 Å². The third-order valence-electron chi connectivity index (χ3n) is 5.33. The largest absolute Gasteiger partial charge is 0.368 e. The first-order valence-electron chi connectivity index (χ1n) is 9.63. The Morgan fingerprint density at radius 1 is 1.00 bits per heavy atom. The van der Waals surface area contributed by atoms with Crippen molar-refractivity contribution in [2.75, 3.05) is 30.3 Å². The summed E-state index contributed by atoms with van der Waals surface area (Å²) in [5.74, 6) is 0.712. The van der Waals surface area contributed by atoms with Crippen LogP contribution in [0.5, 0.6) is 0 Å². The van der Waals surface area contributed by atoms with E-state index < -0.39 is 0 Å². The second-order valence-electron chi connectivity index (χ2n) is 7.27. The zero-order valence-corrected chi connectivity index (χ0v) is 16.7. The van der Waals surface area contributed by atoms with E-state index in [4.69, 9.17) is 5.73 Å². The second-order valence-corrected chi connectivity index (χ2v) is 7.64. The zero-order valence-electron chi connectivity index (χ0n) is 15.8. The molecule has 4 rings (SSSR count). The molecule has 0 fully saturated rings. The fourth-order valence-corrected chi connectivity index (χ4v) is 4.00. The van der Waals surface area contributed by atoms with E-state index in [0.717, 1.165) is 40.7 Å².